The number of fused-ring (bicyclic) bond motifs is 1. The molecule has 3 nitrogen and oxygen atoms in total. The van der Waals surface area contributed by atoms with Crippen molar-refractivity contribution in [1.29, 1.82) is 0 Å². The summed E-state index contributed by atoms with van der Waals surface area (Å²) in [4.78, 5) is 15.2. The lowest BCUT2D eigenvalue weighted by Gasteiger charge is -2.07. The first-order chi connectivity index (χ1) is 11.7. The van der Waals surface area contributed by atoms with Crippen LogP contribution in [0.15, 0.2) is 79.0 Å². The molecule has 0 aliphatic carbocycles. The third-order valence-electron chi connectivity index (χ3n) is 4.25. The van der Waals surface area contributed by atoms with Crippen LogP contribution in [0.2, 0.25) is 0 Å². The molecule has 0 saturated heterocycles. The second kappa shape index (κ2) is 5.70. The van der Waals surface area contributed by atoms with E-state index in [9.17, 15) is 4.79 Å². The van der Waals surface area contributed by atoms with Gasteiger partial charge in [-0.2, -0.15) is 0 Å². The van der Waals surface area contributed by atoms with Crippen LogP contribution < -0.4 is 5.73 Å². The van der Waals surface area contributed by atoms with Crippen LogP contribution in [0.5, 0.6) is 0 Å². The normalized spacial score (nSPS) is 10.8. The van der Waals surface area contributed by atoms with Crippen molar-refractivity contribution in [3.8, 4) is 22.3 Å². The van der Waals surface area contributed by atoms with Crippen molar-refractivity contribution < 1.29 is 4.79 Å². The highest BCUT2D eigenvalue weighted by Gasteiger charge is 2.15. The van der Waals surface area contributed by atoms with Gasteiger partial charge in [0.2, 0.25) is 0 Å². The topological polar surface area (TPSA) is 58.9 Å². The molecule has 0 radical (unpaired) electrons. The Kier molecular flexibility index (Phi) is 3.39. The largest absolute Gasteiger partial charge is 0.366 e. The number of aromatic amines is 1. The summed E-state index contributed by atoms with van der Waals surface area (Å²) in [5.41, 5.74) is 11.1. The third-order valence-corrected chi connectivity index (χ3v) is 4.25. The van der Waals surface area contributed by atoms with Gasteiger partial charge in [-0.1, -0.05) is 60.7 Å². The van der Waals surface area contributed by atoms with E-state index in [2.05, 4.69) is 23.2 Å². The molecule has 3 heteroatoms. The van der Waals surface area contributed by atoms with Crippen LogP contribution in [0, 0.1) is 0 Å². The maximum Gasteiger partial charge on any atom is 0.250 e. The predicted molar refractivity (Wildman–Crippen MR) is 97.7 cm³/mol. The molecule has 1 heterocycles. The maximum atomic E-state index is 11.9. The Morgan fingerprint density at radius 2 is 1.42 bits per heavy atom. The maximum absolute atomic E-state index is 11.9. The predicted octanol–water partition coefficient (Wildman–Crippen LogP) is 4.60. The van der Waals surface area contributed by atoms with E-state index in [4.69, 9.17) is 5.73 Å². The highest BCUT2D eigenvalue weighted by Crippen LogP contribution is 2.34. The molecule has 0 spiro atoms. The van der Waals surface area contributed by atoms with E-state index >= 15 is 0 Å². The molecule has 1 aromatic heterocycles. The number of carbonyl (C=O) groups is 1. The van der Waals surface area contributed by atoms with Crippen LogP contribution in [0.25, 0.3) is 33.2 Å². The molecule has 3 N–H and O–H groups in total. The van der Waals surface area contributed by atoms with Gasteiger partial charge >= 0.3 is 0 Å². The fourth-order valence-corrected chi connectivity index (χ4v) is 3.08. The highest BCUT2D eigenvalue weighted by atomic mass is 16.1. The minimum atomic E-state index is -0.431. The van der Waals surface area contributed by atoms with Gasteiger partial charge in [0.05, 0.1) is 11.1 Å². The smallest absolute Gasteiger partial charge is 0.250 e. The first-order valence-corrected chi connectivity index (χ1v) is 7.80. The van der Waals surface area contributed by atoms with Gasteiger partial charge in [0.1, 0.15) is 0 Å². The van der Waals surface area contributed by atoms with Gasteiger partial charge in [0.25, 0.3) is 5.91 Å². The van der Waals surface area contributed by atoms with Gasteiger partial charge < -0.3 is 10.7 Å². The number of nitrogens with two attached hydrogens (primary N) is 1. The molecule has 0 aliphatic heterocycles. The van der Waals surface area contributed by atoms with E-state index in [1.54, 1.807) is 0 Å². The summed E-state index contributed by atoms with van der Waals surface area (Å²) < 4.78 is 0. The Labute approximate surface area is 139 Å². The summed E-state index contributed by atoms with van der Waals surface area (Å²) in [5, 5.41) is 0.997. The average Bonchev–Trinajstić information content (AvgIpc) is 3.06. The number of hydrogen-bond donors (Lipinski definition) is 2. The zero-order valence-corrected chi connectivity index (χ0v) is 13.0. The second-order valence-electron chi connectivity index (χ2n) is 5.75. The van der Waals surface area contributed by atoms with Crippen molar-refractivity contribution in [2.75, 3.05) is 0 Å². The molecule has 4 aromatic rings. The monoisotopic (exact) mass is 312 g/mol. The van der Waals surface area contributed by atoms with E-state index in [-0.39, 0.29) is 0 Å². The Bertz CT molecular complexity index is 1020. The SMILES string of the molecule is NC(=O)c1cc(-c2ccccc2)cc2c(-c3ccccc3)c[nH]c12. The number of primary amides is 1. The lowest BCUT2D eigenvalue weighted by atomic mass is 9.97. The molecule has 0 unspecified atom stereocenters. The lowest BCUT2D eigenvalue weighted by molar-refractivity contribution is 0.100. The van der Waals surface area contributed by atoms with Crippen LogP contribution in [0.4, 0.5) is 0 Å². The van der Waals surface area contributed by atoms with Gasteiger partial charge in [-0.3, -0.25) is 4.79 Å². The van der Waals surface area contributed by atoms with Crippen molar-refractivity contribution in [2.45, 2.75) is 0 Å². The van der Waals surface area contributed by atoms with Gasteiger partial charge in [0, 0.05) is 17.1 Å². The van der Waals surface area contributed by atoms with E-state index in [1.165, 1.54) is 0 Å². The Balaban J connectivity index is 2.02. The number of amides is 1. The molecule has 0 bridgehead atoms. The van der Waals surface area contributed by atoms with Crippen LogP contribution >= 0.6 is 0 Å². The van der Waals surface area contributed by atoms with Crippen molar-refractivity contribution in [1.82, 2.24) is 4.98 Å². The summed E-state index contributed by atoms with van der Waals surface area (Å²) in [7, 11) is 0. The summed E-state index contributed by atoms with van der Waals surface area (Å²) in [6.45, 7) is 0. The third kappa shape index (κ3) is 2.36. The number of aromatic nitrogens is 1. The number of carbonyl (C=O) groups excluding carboxylic acids is 1. The fraction of sp³-hybridized carbons (Fsp3) is 0. The van der Waals surface area contributed by atoms with E-state index < -0.39 is 5.91 Å². The van der Waals surface area contributed by atoms with Crippen LogP contribution in [-0.2, 0) is 0 Å². The second-order valence-corrected chi connectivity index (χ2v) is 5.75. The first kappa shape index (κ1) is 14.3. The molecular formula is C21H16N2O. The molecular weight excluding hydrogens is 296 g/mol. The summed E-state index contributed by atoms with van der Waals surface area (Å²) >= 11 is 0. The van der Waals surface area contributed by atoms with Crippen molar-refractivity contribution in [3.05, 3.63) is 84.6 Å². The van der Waals surface area contributed by atoms with Gasteiger partial charge in [-0.15, -0.1) is 0 Å². The Morgan fingerprint density at radius 1 is 0.792 bits per heavy atom. The van der Waals surface area contributed by atoms with E-state index in [0.717, 1.165) is 33.2 Å². The number of benzene rings is 3. The summed E-state index contributed by atoms with van der Waals surface area (Å²) in [6.07, 6.45) is 1.93. The average molecular weight is 312 g/mol. The molecule has 0 atom stereocenters. The quantitative estimate of drug-likeness (QED) is 0.570. The zero-order chi connectivity index (χ0) is 16.5. The van der Waals surface area contributed by atoms with Crippen molar-refractivity contribution >= 4 is 16.8 Å². The molecule has 0 aliphatic rings. The molecule has 1 amide bonds. The number of H-pyrrole nitrogens is 1. The van der Waals surface area contributed by atoms with Crippen molar-refractivity contribution in [3.63, 3.8) is 0 Å². The summed E-state index contributed by atoms with van der Waals surface area (Å²) in [5.74, 6) is -0.431. The summed E-state index contributed by atoms with van der Waals surface area (Å²) in [6, 6.07) is 24.1. The van der Waals surface area contributed by atoms with Crippen LogP contribution in [0.3, 0.4) is 0 Å². The minimum absolute atomic E-state index is 0.431. The van der Waals surface area contributed by atoms with E-state index in [1.807, 2.05) is 60.8 Å². The molecule has 4 rings (SSSR count). The molecule has 116 valence electrons. The minimum Gasteiger partial charge on any atom is -0.366 e. The van der Waals surface area contributed by atoms with Gasteiger partial charge in [-0.25, -0.2) is 0 Å². The number of hydrogen-bond acceptors (Lipinski definition) is 1. The molecule has 24 heavy (non-hydrogen) atoms. The van der Waals surface area contributed by atoms with E-state index in [0.29, 0.717) is 5.56 Å². The Hall–Kier alpha value is -3.33. The highest BCUT2D eigenvalue weighted by molar-refractivity contribution is 6.10. The first-order valence-electron chi connectivity index (χ1n) is 7.80. The Morgan fingerprint density at radius 3 is 2.04 bits per heavy atom. The standard InChI is InChI=1S/C21H16N2O/c22-21(24)18-12-16(14-7-3-1-4-8-14)11-17-19(13-23-20(17)18)15-9-5-2-6-10-15/h1-13,23H,(H2,22,24). The van der Waals surface area contributed by atoms with Crippen LogP contribution in [0.1, 0.15) is 10.4 Å². The van der Waals surface area contributed by atoms with Gasteiger partial charge in [0.15, 0.2) is 0 Å². The zero-order valence-electron chi connectivity index (χ0n) is 13.0. The number of rotatable bonds is 3. The number of nitrogens with one attached hydrogen (secondary N) is 1. The fourth-order valence-electron chi connectivity index (χ4n) is 3.08. The van der Waals surface area contributed by atoms with Crippen LogP contribution in [-0.4, -0.2) is 10.9 Å². The van der Waals surface area contributed by atoms with Crippen molar-refractivity contribution in [2.24, 2.45) is 5.73 Å². The van der Waals surface area contributed by atoms with Gasteiger partial charge in [-0.05, 0) is 28.8 Å². The molecule has 3 aromatic carbocycles. The lowest BCUT2D eigenvalue weighted by Crippen LogP contribution is -2.11. The molecule has 0 saturated carbocycles. The molecule has 0 fully saturated rings.